The fourth-order valence-electron chi connectivity index (χ4n) is 3.57. The quantitative estimate of drug-likeness (QED) is 0.162. The lowest BCUT2D eigenvalue weighted by Gasteiger charge is -2.15. The number of hydrogen-bond donors (Lipinski definition) is 2. The first-order valence-corrected chi connectivity index (χ1v) is 12.7. The molecule has 180 valence electrons. The highest BCUT2D eigenvalue weighted by molar-refractivity contribution is 5.66. The zero-order valence-corrected chi connectivity index (χ0v) is 19.8. The third kappa shape index (κ3) is 23.6. The van der Waals surface area contributed by atoms with Crippen LogP contribution in [0.2, 0.25) is 0 Å². The molecule has 0 radical (unpaired) electrons. The van der Waals surface area contributed by atoms with Crippen LogP contribution < -0.4 is 0 Å². The van der Waals surface area contributed by atoms with Gasteiger partial charge in [0, 0.05) is 19.6 Å². The predicted molar refractivity (Wildman–Crippen MR) is 124 cm³/mol. The van der Waals surface area contributed by atoms with E-state index in [-0.39, 0.29) is 19.1 Å². The Balaban J connectivity index is 3.25. The van der Waals surface area contributed by atoms with Gasteiger partial charge in [-0.2, -0.15) is 0 Å². The fourth-order valence-corrected chi connectivity index (χ4v) is 3.57. The van der Waals surface area contributed by atoms with Crippen LogP contribution in [0.5, 0.6) is 0 Å². The first kappa shape index (κ1) is 29.4. The zero-order valence-electron chi connectivity index (χ0n) is 19.8. The molecule has 5 nitrogen and oxygen atoms in total. The van der Waals surface area contributed by atoms with Crippen LogP contribution in [-0.2, 0) is 14.3 Å². The van der Waals surface area contributed by atoms with Crippen LogP contribution in [0.3, 0.4) is 0 Å². The molecule has 0 aliphatic carbocycles. The molecule has 0 aromatic rings. The van der Waals surface area contributed by atoms with E-state index >= 15 is 0 Å². The molecule has 0 aliphatic heterocycles. The van der Waals surface area contributed by atoms with E-state index in [2.05, 4.69) is 6.92 Å². The second-order valence-corrected chi connectivity index (χ2v) is 8.55. The lowest BCUT2D eigenvalue weighted by molar-refractivity contribution is -0.137. The molecule has 0 aromatic carbocycles. The van der Waals surface area contributed by atoms with E-state index in [1.807, 2.05) is 0 Å². The molecule has 0 spiro atoms. The number of carbonyl (C=O) groups is 1. The number of unbranched alkanes of at least 4 members (excludes halogenated alkanes) is 15. The highest BCUT2D eigenvalue weighted by Gasteiger charge is 2.07. The number of aliphatic hydroxyl groups is 1. The third-order valence-corrected chi connectivity index (χ3v) is 5.54. The van der Waals surface area contributed by atoms with E-state index in [9.17, 15) is 9.90 Å². The molecule has 0 saturated carbocycles. The Hall–Kier alpha value is -0.650. The van der Waals surface area contributed by atoms with Crippen molar-refractivity contribution in [3.8, 4) is 0 Å². The van der Waals surface area contributed by atoms with Crippen LogP contribution in [0.15, 0.2) is 0 Å². The Morgan fingerprint density at radius 3 is 1.67 bits per heavy atom. The minimum atomic E-state index is -0.749. The zero-order chi connectivity index (χ0) is 22.1. The summed E-state index contributed by atoms with van der Waals surface area (Å²) in [5.74, 6) is -0.749. The summed E-state index contributed by atoms with van der Waals surface area (Å²) >= 11 is 0. The van der Waals surface area contributed by atoms with E-state index in [4.69, 9.17) is 14.6 Å². The molecule has 5 heteroatoms. The minimum absolute atomic E-state index is 0.0339. The molecule has 0 heterocycles. The van der Waals surface area contributed by atoms with Crippen LogP contribution in [0.4, 0.5) is 0 Å². The number of ether oxygens (including phenoxy) is 2. The van der Waals surface area contributed by atoms with E-state index in [0.717, 1.165) is 25.9 Å². The first-order valence-electron chi connectivity index (χ1n) is 12.7. The van der Waals surface area contributed by atoms with Crippen molar-refractivity contribution in [2.75, 3.05) is 26.4 Å². The SMILES string of the molecule is CCCCCCCCCCCCCCCCOC[C@H](CO)OCCCCCC(=O)O. The average molecular weight is 431 g/mol. The summed E-state index contributed by atoms with van der Waals surface area (Å²) in [4.78, 5) is 10.4. The summed E-state index contributed by atoms with van der Waals surface area (Å²) in [6.45, 7) is 3.95. The van der Waals surface area contributed by atoms with Gasteiger partial charge < -0.3 is 19.7 Å². The summed E-state index contributed by atoms with van der Waals surface area (Å²) in [7, 11) is 0. The van der Waals surface area contributed by atoms with Gasteiger partial charge in [0.15, 0.2) is 0 Å². The van der Waals surface area contributed by atoms with Crippen molar-refractivity contribution < 1.29 is 24.5 Å². The largest absolute Gasteiger partial charge is 0.481 e. The predicted octanol–water partition coefficient (Wildman–Crippen LogP) is 6.51. The number of rotatable bonds is 25. The van der Waals surface area contributed by atoms with Gasteiger partial charge >= 0.3 is 5.97 Å². The van der Waals surface area contributed by atoms with Crippen LogP contribution in [0.1, 0.15) is 122 Å². The topological polar surface area (TPSA) is 76.0 Å². The van der Waals surface area contributed by atoms with Crippen LogP contribution in [0, 0.1) is 0 Å². The maximum absolute atomic E-state index is 10.4. The second kappa shape index (κ2) is 24.6. The smallest absolute Gasteiger partial charge is 0.303 e. The fraction of sp³-hybridized carbons (Fsp3) is 0.960. The van der Waals surface area contributed by atoms with E-state index in [1.54, 1.807) is 0 Å². The monoisotopic (exact) mass is 430 g/mol. The minimum Gasteiger partial charge on any atom is -0.481 e. The molecule has 1 atom stereocenters. The van der Waals surface area contributed by atoms with E-state index in [1.165, 1.54) is 83.5 Å². The van der Waals surface area contributed by atoms with Crippen molar-refractivity contribution in [2.24, 2.45) is 0 Å². The molecule has 0 aliphatic rings. The summed E-state index contributed by atoms with van der Waals surface area (Å²) in [5.41, 5.74) is 0. The molecule has 0 saturated heterocycles. The van der Waals surface area contributed by atoms with Gasteiger partial charge in [0.05, 0.1) is 13.2 Å². The lowest BCUT2D eigenvalue weighted by Crippen LogP contribution is -2.24. The highest BCUT2D eigenvalue weighted by atomic mass is 16.5. The Labute approximate surface area is 185 Å². The molecule has 30 heavy (non-hydrogen) atoms. The first-order chi connectivity index (χ1) is 14.7. The number of aliphatic hydroxyl groups excluding tert-OH is 1. The van der Waals surface area contributed by atoms with Crippen molar-refractivity contribution in [3.63, 3.8) is 0 Å². The standard InChI is InChI=1S/C25H50O5/c1-2-3-4-5-6-7-8-9-10-11-12-13-14-17-20-29-23-24(22-26)30-21-18-15-16-19-25(27)28/h24,26H,2-23H2,1H3,(H,27,28)/t24-/m0/s1. The van der Waals surface area contributed by atoms with Gasteiger partial charge in [-0.05, 0) is 19.3 Å². The third-order valence-electron chi connectivity index (χ3n) is 5.54. The van der Waals surface area contributed by atoms with E-state index < -0.39 is 5.97 Å². The van der Waals surface area contributed by atoms with Crippen LogP contribution >= 0.6 is 0 Å². The molecular formula is C25H50O5. The number of carboxylic acids is 1. The van der Waals surface area contributed by atoms with Crippen LogP contribution in [0.25, 0.3) is 0 Å². The molecule has 0 unspecified atom stereocenters. The average Bonchev–Trinajstić information content (AvgIpc) is 2.74. The Kier molecular flexibility index (Phi) is 24.1. The van der Waals surface area contributed by atoms with E-state index in [0.29, 0.717) is 19.6 Å². The normalized spacial score (nSPS) is 12.3. The summed E-state index contributed by atoms with van der Waals surface area (Å²) < 4.78 is 11.2. The molecule has 0 bridgehead atoms. The van der Waals surface area contributed by atoms with Gasteiger partial charge in [0.1, 0.15) is 6.10 Å². The van der Waals surface area contributed by atoms with Crippen molar-refractivity contribution >= 4 is 5.97 Å². The highest BCUT2D eigenvalue weighted by Crippen LogP contribution is 2.13. The Morgan fingerprint density at radius 1 is 0.700 bits per heavy atom. The summed E-state index contributed by atoms with van der Waals surface area (Å²) in [6, 6.07) is 0. The maximum Gasteiger partial charge on any atom is 0.303 e. The van der Waals surface area contributed by atoms with Crippen LogP contribution in [-0.4, -0.2) is 48.7 Å². The Bertz CT molecular complexity index is 348. The van der Waals surface area contributed by atoms with Crippen molar-refractivity contribution in [1.82, 2.24) is 0 Å². The van der Waals surface area contributed by atoms with Gasteiger partial charge in [-0.1, -0.05) is 96.8 Å². The van der Waals surface area contributed by atoms with Crippen molar-refractivity contribution in [3.05, 3.63) is 0 Å². The second-order valence-electron chi connectivity index (χ2n) is 8.55. The molecule has 0 aromatic heterocycles. The molecule has 0 rings (SSSR count). The van der Waals surface area contributed by atoms with Gasteiger partial charge in [0.25, 0.3) is 0 Å². The Morgan fingerprint density at radius 2 is 1.17 bits per heavy atom. The number of carboxylic acid groups (broad SMARTS) is 1. The maximum atomic E-state index is 10.4. The number of aliphatic carboxylic acids is 1. The lowest BCUT2D eigenvalue weighted by atomic mass is 10.0. The van der Waals surface area contributed by atoms with Gasteiger partial charge in [-0.25, -0.2) is 0 Å². The molecule has 0 amide bonds. The molecule has 2 N–H and O–H groups in total. The molecule has 0 fully saturated rings. The van der Waals surface area contributed by atoms with Gasteiger partial charge in [-0.3, -0.25) is 4.79 Å². The van der Waals surface area contributed by atoms with Crippen molar-refractivity contribution in [1.29, 1.82) is 0 Å². The van der Waals surface area contributed by atoms with Crippen molar-refractivity contribution in [2.45, 2.75) is 129 Å². The van der Waals surface area contributed by atoms with Gasteiger partial charge in [-0.15, -0.1) is 0 Å². The number of hydrogen-bond acceptors (Lipinski definition) is 4. The molecular weight excluding hydrogens is 380 g/mol. The summed E-state index contributed by atoms with van der Waals surface area (Å²) in [5, 5.41) is 17.9. The van der Waals surface area contributed by atoms with Gasteiger partial charge in [0.2, 0.25) is 0 Å². The summed E-state index contributed by atoms with van der Waals surface area (Å²) in [6.07, 6.45) is 21.2.